The minimum atomic E-state index is -0.389. The lowest BCUT2D eigenvalue weighted by molar-refractivity contribution is -0.130. The average Bonchev–Trinajstić information content (AvgIpc) is 2.86. The number of amides is 2. The predicted octanol–water partition coefficient (Wildman–Crippen LogP) is 3.40. The molecule has 2 amide bonds. The van der Waals surface area contributed by atoms with Crippen molar-refractivity contribution in [1.82, 2.24) is 14.8 Å². The normalized spacial score (nSPS) is 18.3. The van der Waals surface area contributed by atoms with E-state index in [1.807, 2.05) is 44.2 Å². The van der Waals surface area contributed by atoms with Crippen molar-refractivity contribution >= 4 is 11.8 Å². The van der Waals surface area contributed by atoms with Gasteiger partial charge in [0.1, 0.15) is 11.7 Å². The lowest BCUT2D eigenvalue weighted by Gasteiger charge is -2.37. The first-order valence-electron chi connectivity index (χ1n) is 12.5. The highest BCUT2D eigenvalue weighted by molar-refractivity contribution is 5.97. The molecule has 0 saturated heterocycles. The van der Waals surface area contributed by atoms with Crippen LogP contribution in [-0.2, 0) is 11.2 Å². The molecule has 3 atom stereocenters. The van der Waals surface area contributed by atoms with Crippen LogP contribution in [0.1, 0.15) is 55.6 Å². The van der Waals surface area contributed by atoms with Gasteiger partial charge in [-0.1, -0.05) is 62.9 Å². The monoisotopic (exact) mass is 491 g/mol. The molecule has 1 aromatic heterocycles. The third-order valence-corrected chi connectivity index (χ3v) is 6.34. The van der Waals surface area contributed by atoms with Crippen LogP contribution in [0.15, 0.2) is 42.6 Å². The highest BCUT2D eigenvalue weighted by Gasteiger charge is 2.34. The van der Waals surface area contributed by atoms with E-state index >= 15 is 0 Å². The van der Waals surface area contributed by atoms with Crippen molar-refractivity contribution in [2.75, 3.05) is 26.7 Å². The van der Waals surface area contributed by atoms with E-state index in [1.165, 1.54) is 0 Å². The van der Waals surface area contributed by atoms with Crippen LogP contribution >= 0.6 is 0 Å². The maximum atomic E-state index is 13.5. The lowest BCUT2D eigenvalue weighted by Crippen LogP contribution is -2.50. The summed E-state index contributed by atoms with van der Waals surface area (Å²) in [6.45, 7) is 8.58. The van der Waals surface area contributed by atoms with Crippen LogP contribution in [-0.4, -0.2) is 70.6 Å². The molecule has 7 nitrogen and oxygen atoms in total. The van der Waals surface area contributed by atoms with Gasteiger partial charge in [0.25, 0.3) is 5.91 Å². The second-order valence-electron chi connectivity index (χ2n) is 10.0. The van der Waals surface area contributed by atoms with Crippen LogP contribution < -0.4 is 4.74 Å². The van der Waals surface area contributed by atoms with Gasteiger partial charge in [-0.2, -0.15) is 0 Å². The van der Waals surface area contributed by atoms with Gasteiger partial charge in [0.15, 0.2) is 0 Å². The first-order valence-corrected chi connectivity index (χ1v) is 12.5. The van der Waals surface area contributed by atoms with Gasteiger partial charge < -0.3 is 19.6 Å². The predicted molar refractivity (Wildman–Crippen MR) is 140 cm³/mol. The molecule has 0 saturated carbocycles. The molecule has 0 aliphatic carbocycles. The molecule has 1 aromatic carbocycles. The summed E-state index contributed by atoms with van der Waals surface area (Å²) in [4.78, 5) is 34.2. The summed E-state index contributed by atoms with van der Waals surface area (Å²) in [7, 11) is 1.77. The summed E-state index contributed by atoms with van der Waals surface area (Å²) in [6.07, 6.45) is 2.28. The van der Waals surface area contributed by atoms with Crippen LogP contribution in [0, 0.1) is 23.7 Å². The number of aliphatic hydroxyl groups excluding tert-OH is 1. The number of rotatable bonds is 7. The van der Waals surface area contributed by atoms with Crippen molar-refractivity contribution in [1.29, 1.82) is 0 Å². The van der Waals surface area contributed by atoms with Gasteiger partial charge in [-0.15, -0.1) is 0 Å². The Bertz CT molecular complexity index is 1110. The number of carbonyl (C=O) groups is 2. The molecule has 2 heterocycles. The average molecular weight is 492 g/mol. The maximum Gasteiger partial charge on any atom is 0.259 e. The van der Waals surface area contributed by atoms with Crippen molar-refractivity contribution in [3.05, 3.63) is 59.3 Å². The van der Waals surface area contributed by atoms with E-state index in [0.717, 1.165) is 12.0 Å². The molecule has 36 heavy (non-hydrogen) atoms. The molecule has 0 bridgehead atoms. The van der Waals surface area contributed by atoms with E-state index in [-0.39, 0.29) is 42.4 Å². The van der Waals surface area contributed by atoms with Gasteiger partial charge >= 0.3 is 0 Å². The summed E-state index contributed by atoms with van der Waals surface area (Å²) < 4.78 is 6.29. The summed E-state index contributed by atoms with van der Waals surface area (Å²) in [6, 6.07) is 11.0. The summed E-state index contributed by atoms with van der Waals surface area (Å²) >= 11 is 0. The molecule has 0 fully saturated rings. The van der Waals surface area contributed by atoms with E-state index in [9.17, 15) is 14.7 Å². The number of aromatic nitrogens is 1. The van der Waals surface area contributed by atoms with E-state index in [1.54, 1.807) is 29.1 Å². The zero-order valence-electron chi connectivity index (χ0n) is 21.9. The Labute approximate surface area is 214 Å². The number of hydrogen-bond acceptors (Lipinski definition) is 5. The van der Waals surface area contributed by atoms with Crippen LogP contribution in [0.2, 0.25) is 0 Å². The fourth-order valence-corrected chi connectivity index (χ4v) is 4.02. The van der Waals surface area contributed by atoms with Crippen LogP contribution in [0.3, 0.4) is 0 Å². The van der Waals surface area contributed by atoms with E-state index < -0.39 is 0 Å². The third kappa shape index (κ3) is 7.08. The topological polar surface area (TPSA) is 83.0 Å². The number of benzene rings is 1. The number of carbonyl (C=O) groups excluding carboxylic acids is 2. The van der Waals surface area contributed by atoms with Crippen molar-refractivity contribution in [3.63, 3.8) is 0 Å². The molecule has 192 valence electrons. The number of nitrogens with zero attached hydrogens (tertiary/aromatic N) is 3. The standard InChI is InChI=1S/C29H37N3O4/c1-20(2)10-9-13-24-14-25-28(30-16-24)36-26(21(3)17-32(29(25)35)22(4)19-33)18-31(5)27(34)15-23-11-7-6-8-12-23/h6-8,11-12,14,16,20-22,26,33H,10,15,17-19H2,1-5H3/t21-,22+,26+/m1/s1. The summed E-state index contributed by atoms with van der Waals surface area (Å²) in [5, 5.41) is 9.83. The number of hydrogen-bond donors (Lipinski definition) is 1. The minimum Gasteiger partial charge on any atom is -0.472 e. The third-order valence-electron chi connectivity index (χ3n) is 6.34. The van der Waals surface area contributed by atoms with E-state index in [4.69, 9.17) is 4.74 Å². The van der Waals surface area contributed by atoms with Gasteiger partial charge in [0.05, 0.1) is 25.6 Å². The van der Waals surface area contributed by atoms with Crippen molar-refractivity contribution < 1.29 is 19.4 Å². The van der Waals surface area contributed by atoms with E-state index in [2.05, 4.69) is 30.7 Å². The molecule has 0 unspecified atom stereocenters. The van der Waals surface area contributed by atoms with Crippen LogP contribution in [0.4, 0.5) is 0 Å². The second kappa shape index (κ2) is 12.5. The Morgan fingerprint density at radius 3 is 2.67 bits per heavy atom. The number of pyridine rings is 1. The van der Waals surface area contributed by atoms with Gasteiger partial charge in [-0.25, -0.2) is 4.98 Å². The number of fused-ring (bicyclic) bond motifs is 1. The molecule has 1 aliphatic heterocycles. The fourth-order valence-electron chi connectivity index (χ4n) is 4.02. The Morgan fingerprint density at radius 2 is 2.00 bits per heavy atom. The summed E-state index contributed by atoms with van der Waals surface area (Å²) in [5.41, 5.74) is 1.91. The van der Waals surface area contributed by atoms with Gasteiger partial charge in [-0.3, -0.25) is 9.59 Å². The first-order chi connectivity index (χ1) is 17.2. The smallest absolute Gasteiger partial charge is 0.259 e. The molecule has 0 radical (unpaired) electrons. The van der Waals surface area contributed by atoms with Crippen LogP contribution in [0.25, 0.3) is 0 Å². The SMILES string of the molecule is CC(C)CC#Cc1cnc2c(c1)C(=O)N([C@@H](C)CO)C[C@@H](C)[C@H](CN(C)C(=O)Cc1ccccc1)O2. The fraction of sp³-hybridized carbons (Fsp3) is 0.483. The largest absolute Gasteiger partial charge is 0.472 e. The Morgan fingerprint density at radius 1 is 1.28 bits per heavy atom. The Hall–Kier alpha value is -3.37. The quantitative estimate of drug-likeness (QED) is 0.601. The molecule has 1 N–H and O–H groups in total. The van der Waals surface area contributed by atoms with Crippen molar-refractivity contribution in [2.24, 2.45) is 11.8 Å². The molecular formula is C29H37N3O4. The molecular weight excluding hydrogens is 454 g/mol. The van der Waals surface area contributed by atoms with Gasteiger partial charge in [0.2, 0.25) is 11.8 Å². The maximum absolute atomic E-state index is 13.5. The van der Waals surface area contributed by atoms with Crippen LogP contribution in [0.5, 0.6) is 5.88 Å². The Kier molecular flexibility index (Phi) is 9.49. The second-order valence-corrected chi connectivity index (χ2v) is 10.0. The minimum absolute atomic E-state index is 0.0142. The van der Waals surface area contributed by atoms with Crippen molar-refractivity contribution in [2.45, 2.75) is 52.7 Å². The first kappa shape index (κ1) is 27.2. The Balaban J connectivity index is 1.87. The molecule has 1 aliphatic rings. The highest BCUT2D eigenvalue weighted by Crippen LogP contribution is 2.27. The number of ether oxygens (including phenoxy) is 1. The molecule has 2 aromatic rings. The van der Waals surface area contributed by atoms with Gasteiger partial charge in [-0.05, 0) is 24.5 Å². The van der Waals surface area contributed by atoms with Gasteiger partial charge in [0, 0.05) is 37.7 Å². The molecule has 0 spiro atoms. The number of aliphatic hydroxyl groups is 1. The zero-order chi connectivity index (χ0) is 26.2. The van der Waals surface area contributed by atoms with Crippen molar-refractivity contribution in [3.8, 4) is 17.7 Å². The highest BCUT2D eigenvalue weighted by atomic mass is 16.5. The zero-order valence-corrected chi connectivity index (χ0v) is 21.9. The van der Waals surface area contributed by atoms with E-state index in [0.29, 0.717) is 36.6 Å². The lowest BCUT2D eigenvalue weighted by atomic mass is 9.99. The molecule has 7 heteroatoms. The number of likely N-dealkylation sites (N-methyl/N-ethyl adjacent to an activating group) is 1. The summed E-state index contributed by atoms with van der Waals surface area (Å²) in [5.74, 6) is 6.54. The molecule has 3 rings (SSSR count).